The minimum absolute atomic E-state index is 0.0475. The lowest BCUT2D eigenvalue weighted by Crippen LogP contribution is -2.41. The lowest BCUT2D eigenvalue weighted by Gasteiger charge is -2.27. The van der Waals surface area contributed by atoms with E-state index in [1.54, 1.807) is 0 Å². The Labute approximate surface area is 138 Å². The van der Waals surface area contributed by atoms with Crippen molar-refractivity contribution in [1.82, 2.24) is 10.2 Å². The van der Waals surface area contributed by atoms with Gasteiger partial charge in [-0.05, 0) is 24.8 Å². The zero-order valence-electron chi connectivity index (χ0n) is 13.7. The number of likely N-dealkylation sites (tertiary alicyclic amines) is 1. The van der Waals surface area contributed by atoms with Gasteiger partial charge < -0.3 is 10.2 Å². The van der Waals surface area contributed by atoms with E-state index >= 15 is 0 Å². The van der Waals surface area contributed by atoms with Crippen LogP contribution >= 0.6 is 0 Å². The average molecular weight is 314 g/mol. The summed E-state index contributed by atoms with van der Waals surface area (Å²) in [6.07, 6.45) is 7.72. The maximum absolute atomic E-state index is 12.3. The minimum Gasteiger partial charge on any atom is -0.353 e. The number of carbonyl (C=O) groups excluding carboxylic acids is 2. The van der Waals surface area contributed by atoms with E-state index < -0.39 is 0 Å². The molecule has 1 aliphatic carbocycles. The Morgan fingerprint density at radius 3 is 2.57 bits per heavy atom. The molecule has 1 aliphatic heterocycles. The molecule has 4 nitrogen and oxygen atoms in total. The van der Waals surface area contributed by atoms with E-state index in [2.05, 4.69) is 5.32 Å². The lowest BCUT2D eigenvalue weighted by atomic mass is 9.95. The number of amides is 2. The van der Waals surface area contributed by atoms with E-state index in [1.165, 1.54) is 19.3 Å². The van der Waals surface area contributed by atoms with Gasteiger partial charge in [0.15, 0.2) is 0 Å². The van der Waals surface area contributed by atoms with E-state index in [0.29, 0.717) is 25.4 Å². The largest absolute Gasteiger partial charge is 0.353 e. The molecule has 23 heavy (non-hydrogen) atoms. The van der Waals surface area contributed by atoms with Crippen LogP contribution in [0.2, 0.25) is 0 Å². The van der Waals surface area contributed by atoms with Gasteiger partial charge in [0.05, 0.1) is 0 Å². The molecule has 1 aromatic carbocycles. The van der Waals surface area contributed by atoms with E-state index in [1.807, 2.05) is 35.2 Å². The Morgan fingerprint density at radius 2 is 1.83 bits per heavy atom. The molecule has 1 saturated heterocycles. The van der Waals surface area contributed by atoms with Crippen molar-refractivity contribution >= 4 is 11.8 Å². The first-order valence-electron chi connectivity index (χ1n) is 8.85. The van der Waals surface area contributed by atoms with Gasteiger partial charge in [0, 0.05) is 31.5 Å². The first-order chi connectivity index (χ1) is 11.2. The summed E-state index contributed by atoms with van der Waals surface area (Å²) in [6.45, 7) is 0.612. The van der Waals surface area contributed by atoms with Gasteiger partial charge in [-0.1, -0.05) is 49.6 Å². The van der Waals surface area contributed by atoms with Crippen LogP contribution in [-0.2, 0) is 16.1 Å². The van der Waals surface area contributed by atoms with Gasteiger partial charge in [-0.15, -0.1) is 0 Å². The monoisotopic (exact) mass is 314 g/mol. The third-order valence-corrected chi connectivity index (χ3v) is 5.04. The van der Waals surface area contributed by atoms with Gasteiger partial charge in [-0.2, -0.15) is 0 Å². The third kappa shape index (κ3) is 4.34. The molecule has 1 N–H and O–H groups in total. The smallest absolute Gasteiger partial charge is 0.223 e. The molecule has 0 bridgehead atoms. The van der Waals surface area contributed by atoms with Crippen LogP contribution in [-0.4, -0.2) is 28.8 Å². The van der Waals surface area contributed by atoms with E-state index in [0.717, 1.165) is 24.8 Å². The Kier molecular flexibility index (Phi) is 5.31. The molecule has 1 aromatic rings. The highest BCUT2D eigenvalue weighted by Gasteiger charge is 2.32. The fourth-order valence-electron chi connectivity index (χ4n) is 3.75. The van der Waals surface area contributed by atoms with Crippen LogP contribution in [0.5, 0.6) is 0 Å². The summed E-state index contributed by atoms with van der Waals surface area (Å²) < 4.78 is 0. The zero-order valence-corrected chi connectivity index (χ0v) is 13.7. The van der Waals surface area contributed by atoms with E-state index in [9.17, 15) is 9.59 Å². The topological polar surface area (TPSA) is 49.4 Å². The first kappa shape index (κ1) is 16.0. The molecular formula is C19H26N2O2. The molecule has 124 valence electrons. The molecule has 0 spiro atoms. The van der Waals surface area contributed by atoms with Crippen molar-refractivity contribution in [2.24, 2.45) is 0 Å². The first-order valence-corrected chi connectivity index (χ1v) is 8.85. The van der Waals surface area contributed by atoms with Gasteiger partial charge >= 0.3 is 0 Å². The predicted molar refractivity (Wildman–Crippen MR) is 89.6 cm³/mol. The third-order valence-electron chi connectivity index (χ3n) is 5.04. The van der Waals surface area contributed by atoms with Crippen molar-refractivity contribution in [2.75, 3.05) is 0 Å². The standard InChI is InChI=1S/C19H26N2O2/c22-18(20-16-9-5-2-6-10-16)13-17-11-12-19(23)21(17)14-15-7-3-1-4-8-15/h1,3-4,7-8,16-17H,2,5-6,9-14H2,(H,20,22). The van der Waals surface area contributed by atoms with Crippen molar-refractivity contribution in [2.45, 2.75) is 70.0 Å². The van der Waals surface area contributed by atoms with E-state index in [-0.39, 0.29) is 17.9 Å². The maximum atomic E-state index is 12.3. The Balaban J connectivity index is 1.55. The highest BCUT2D eigenvalue weighted by molar-refractivity contribution is 5.82. The van der Waals surface area contributed by atoms with Crippen molar-refractivity contribution in [1.29, 1.82) is 0 Å². The molecule has 0 radical (unpaired) electrons. The Hall–Kier alpha value is -1.84. The zero-order chi connectivity index (χ0) is 16.1. The molecule has 1 saturated carbocycles. The molecule has 1 atom stereocenters. The number of hydrogen-bond acceptors (Lipinski definition) is 2. The number of benzene rings is 1. The Bertz CT molecular complexity index is 538. The second-order valence-electron chi connectivity index (χ2n) is 6.81. The summed E-state index contributed by atoms with van der Waals surface area (Å²) in [5.41, 5.74) is 1.13. The van der Waals surface area contributed by atoms with Gasteiger partial charge in [0.1, 0.15) is 0 Å². The number of nitrogens with one attached hydrogen (secondary N) is 1. The Morgan fingerprint density at radius 1 is 1.09 bits per heavy atom. The van der Waals surface area contributed by atoms with Crippen molar-refractivity contribution in [3.8, 4) is 0 Å². The summed E-state index contributed by atoms with van der Waals surface area (Å²) in [5, 5.41) is 3.17. The fourth-order valence-corrected chi connectivity index (χ4v) is 3.75. The average Bonchev–Trinajstić information content (AvgIpc) is 2.90. The maximum Gasteiger partial charge on any atom is 0.223 e. The van der Waals surface area contributed by atoms with Gasteiger partial charge in [-0.3, -0.25) is 9.59 Å². The molecule has 2 aliphatic rings. The summed E-state index contributed by atoms with van der Waals surface area (Å²) in [7, 11) is 0. The van der Waals surface area contributed by atoms with Crippen LogP contribution in [0.4, 0.5) is 0 Å². The van der Waals surface area contributed by atoms with Gasteiger partial charge in [-0.25, -0.2) is 0 Å². The normalized spacial score (nSPS) is 22.3. The number of nitrogens with zero attached hydrogens (tertiary/aromatic N) is 1. The molecule has 2 fully saturated rings. The quantitative estimate of drug-likeness (QED) is 0.908. The summed E-state index contributed by atoms with van der Waals surface area (Å²) >= 11 is 0. The molecular weight excluding hydrogens is 288 g/mol. The van der Waals surface area contributed by atoms with E-state index in [4.69, 9.17) is 0 Å². The highest BCUT2D eigenvalue weighted by atomic mass is 16.2. The van der Waals surface area contributed by atoms with Gasteiger partial charge in [0.25, 0.3) is 0 Å². The summed E-state index contributed by atoms with van der Waals surface area (Å²) in [5.74, 6) is 0.277. The lowest BCUT2D eigenvalue weighted by molar-refractivity contribution is -0.130. The summed E-state index contributed by atoms with van der Waals surface area (Å²) in [4.78, 5) is 26.4. The van der Waals surface area contributed by atoms with Crippen molar-refractivity contribution in [3.05, 3.63) is 35.9 Å². The summed E-state index contributed by atoms with van der Waals surface area (Å²) in [6, 6.07) is 10.4. The van der Waals surface area contributed by atoms with Crippen LogP contribution < -0.4 is 5.32 Å². The molecule has 1 unspecified atom stereocenters. The molecule has 1 heterocycles. The predicted octanol–water partition coefficient (Wildman–Crippen LogP) is 3.02. The highest BCUT2D eigenvalue weighted by Crippen LogP contribution is 2.24. The molecule has 0 aromatic heterocycles. The molecule has 3 rings (SSSR count). The van der Waals surface area contributed by atoms with Crippen LogP contribution in [0.1, 0.15) is 56.9 Å². The van der Waals surface area contributed by atoms with Gasteiger partial charge in [0.2, 0.25) is 11.8 Å². The molecule has 2 amide bonds. The van der Waals surface area contributed by atoms with Crippen molar-refractivity contribution in [3.63, 3.8) is 0 Å². The van der Waals surface area contributed by atoms with Crippen LogP contribution in [0.3, 0.4) is 0 Å². The minimum atomic E-state index is 0.0475. The number of rotatable bonds is 5. The SMILES string of the molecule is O=C(CC1CCC(=O)N1Cc1ccccc1)NC1CCCCC1. The second-order valence-corrected chi connectivity index (χ2v) is 6.81. The van der Waals surface area contributed by atoms with Crippen LogP contribution in [0.25, 0.3) is 0 Å². The molecule has 4 heteroatoms. The second kappa shape index (κ2) is 7.62. The fraction of sp³-hybridized carbons (Fsp3) is 0.579. The number of hydrogen-bond donors (Lipinski definition) is 1. The van der Waals surface area contributed by atoms with Crippen LogP contribution in [0, 0.1) is 0 Å². The number of carbonyl (C=O) groups is 2. The van der Waals surface area contributed by atoms with Crippen molar-refractivity contribution < 1.29 is 9.59 Å². The van der Waals surface area contributed by atoms with Crippen LogP contribution in [0.15, 0.2) is 30.3 Å².